The number of aliphatic imine (C=N–C) groups is 1. The number of phenols is 1. The van der Waals surface area contributed by atoms with Crippen LogP contribution < -0.4 is 70.6 Å². The van der Waals surface area contributed by atoms with Crippen LogP contribution in [0.1, 0.15) is 82.1 Å². The summed E-state index contributed by atoms with van der Waals surface area (Å²) in [4.78, 5) is 164. The average molecular weight is 1530 g/mol. The lowest BCUT2D eigenvalue weighted by molar-refractivity contribution is -0.293. The number of rotatable bonds is 35. The lowest BCUT2D eigenvalue weighted by atomic mass is 9.99. The molecule has 0 aliphatic carbocycles. The molecule has 34 nitrogen and oxygen atoms in total. The number of H-pyrrole nitrogens is 1. The number of likely N-dealkylation sites (tertiary alicyclic amines) is 1. The second kappa shape index (κ2) is 39.7. The highest BCUT2D eigenvalue weighted by Crippen LogP contribution is 2.26. The van der Waals surface area contributed by atoms with Crippen molar-refractivity contribution < 1.29 is 87.7 Å². The number of ether oxygens (including phenoxy) is 2. The van der Waals surface area contributed by atoms with Gasteiger partial charge in [-0.2, -0.15) is 0 Å². The van der Waals surface area contributed by atoms with Crippen LogP contribution in [0.25, 0.3) is 21.7 Å². The standard InChI is InChI=1S/C74H95ClN16O18/c1-38(2)29-52(63(98)82-51(15-9-27-79-73(76)77)71(106)91-28-10-16-59(91)70(105)89-90-74(78)107)83-69(104)58(37-108-72-62(97)61(96)60(95)39(3)109-72)88-66(101)55(32-42-20-25-48(94)26-21-42)85-68(103)57(36-92)87-67(102)56(34-46-35-80-50-14-8-7-13-49(46)50)86-65(100)54(31-41-18-23-47(75)24-19-41)84-64(99)53(81-40(4)93)33-43-17-22-44-11-5-6-12-45(44)30-43/h5-8,11-14,17-26,30,35,38-39,51-62,72,80,92,94-97H,9-10,15-16,27-29,31-34,36-37H2,1-4H3,(H,81,93)(H,82,98)(H,83,104)(H,84,99)(H,85,103)(H,86,100)(H,87,102)(H,88,101)(H,89,105)(H4,76,77,79)(H3,78,90,107)/t39-,51-,52-,53+,54+,55-,56-,57-,58+,59-,60-,61+,62+,72+/m0/s1. The number of primary amides is 1. The van der Waals surface area contributed by atoms with Crippen LogP contribution in [0.3, 0.4) is 0 Å². The molecule has 2 aliphatic heterocycles. The molecule has 2 saturated heterocycles. The zero-order valence-corrected chi connectivity index (χ0v) is 61.2. The minimum Gasteiger partial charge on any atom is -0.508 e. The number of hydrogen-bond acceptors (Lipinski definition) is 19. The van der Waals surface area contributed by atoms with Gasteiger partial charge in [-0.25, -0.2) is 10.2 Å². The maximum atomic E-state index is 15.1. The molecule has 3 heterocycles. The smallest absolute Gasteiger partial charge is 0.330 e. The van der Waals surface area contributed by atoms with Gasteiger partial charge in [0.05, 0.1) is 19.3 Å². The Bertz CT molecular complexity index is 4220. The lowest BCUT2D eigenvalue weighted by Crippen LogP contribution is -2.62. The van der Waals surface area contributed by atoms with Crippen LogP contribution in [0.5, 0.6) is 5.75 Å². The summed E-state index contributed by atoms with van der Waals surface area (Å²) in [6, 6.07) is 17.0. The Labute approximate surface area is 632 Å². The number of nitrogens with two attached hydrogens (primary N) is 3. The first-order valence-corrected chi connectivity index (χ1v) is 35.9. The molecule has 0 spiro atoms. The van der Waals surface area contributed by atoms with Crippen molar-refractivity contribution in [2.24, 2.45) is 28.1 Å². The molecule has 586 valence electrons. The van der Waals surface area contributed by atoms with Crippen molar-refractivity contribution in [3.8, 4) is 5.75 Å². The first-order valence-electron chi connectivity index (χ1n) is 35.5. The third-order valence-corrected chi connectivity index (χ3v) is 18.7. The highest BCUT2D eigenvalue weighted by atomic mass is 35.5. The number of aromatic amines is 1. The number of phenolic OH excluding ortho intramolecular Hbond substituents is 1. The Hall–Kier alpha value is -11.0. The first-order chi connectivity index (χ1) is 51.9. The predicted molar refractivity (Wildman–Crippen MR) is 398 cm³/mol. The van der Waals surface area contributed by atoms with E-state index >= 15 is 19.2 Å². The van der Waals surface area contributed by atoms with E-state index in [0.717, 1.165) is 10.8 Å². The second-order valence-corrected chi connectivity index (χ2v) is 27.7. The number of para-hydroxylation sites is 1. The number of nitrogens with one attached hydrogen (secondary N) is 11. The molecule has 1 aromatic heterocycles. The van der Waals surface area contributed by atoms with Gasteiger partial charge in [-0.1, -0.05) is 110 Å². The molecule has 0 saturated carbocycles. The van der Waals surface area contributed by atoms with Gasteiger partial charge in [0.25, 0.3) is 5.91 Å². The van der Waals surface area contributed by atoms with E-state index in [1.54, 1.807) is 68.6 Å². The number of halogens is 1. The summed E-state index contributed by atoms with van der Waals surface area (Å²) < 4.78 is 11.5. The molecule has 22 N–H and O–H groups in total. The molecule has 14 atom stereocenters. The average Bonchev–Trinajstić information content (AvgIpc) is 1.60. The molecule has 0 radical (unpaired) electrons. The Balaban J connectivity index is 1.07. The SMILES string of the molecule is CC(=O)N[C@H](Cc1ccc2ccccc2c1)C(=O)N[C@H](Cc1ccc(Cl)cc1)C(=O)N[C@@H](Cc1c[nH]c2ccccc12)C(=O)N[C@@H](CO)C(=O)N[C@@H](Cc1ccc(O)cc1)C(=O)N[C@H](CO[C@@H]1O[C@@H](C)[C@H](O)[C@@H](O)[C@H]1O)C(=O)N[C@@H](CC(C)C)C(=O)N[C@@H](CCCN=C(N)N)C(=O)N1CCC[C@H]1C(=O)NNC(N)=O. The number of carbonyl (C=O) groups is 11. The van der Waals surface area contributed by atoms with Crippen LogP contribution in [0.4, 0.5) is 4.79 Å². The van der Waals surface area contributed by atoms with Crippen molar-refractivity contribution in [2.45, 2.75) is 171 Å². The van der Waals surface area contributed by atoms with E-state index < -0.39 is 170 Å². The number of hydrogen-bond donors (Lipinski definition) is 19. The molecule has 109 heavy (non-hydrogen) atoms. The highest BCUT2D eigenvalue weighted by Gasteiger charge is 2.44. The van der Waals surface area contributed by atoms with E-state index in [0.29, 0.717) is 44.6 Å². The number of benzene rings is 5. The molecule has 2 fully saturated rings. The molecule has 2 aliphatic rings. The maximum absolute atomic E-state index is 15.1. The number of fused-ring (bicyclic) bond motifs is 2. The molecule has 0 unspecified atom stereocenters. The van der Waals surface area contributed by atoms with Gasteiger partial charge in [0, 0.05) is 67.8 Å². The summed E-state index contributed by atoms with van der Waals surface area (Å²) in [6.07, 6.45) is -7.15. The van der Waals surface area contributed by atoms with Gasteiger partial charge in [0.1, 0.15) is 78.4 Å². The highest BCUT2D eigenvalue weighted by molar-refractivity contribution is 6.30. The number of aliphatic hydroxyl groups is 4. The molecule has 8 rings (SSSR count). The van der Waals surface area contributed by atoms with Gasteiger partial charge in [0.15, 0.2) is 12.2 Å². The summed E-state index contributed by atoms with van der Waals surface area (Å²) in [7, 11) is 0. The van der Waals surface area contributed by atoms with Crippen LogP contribution in [0, 0.1) is 5.92 Å². The fourth-order valence-electron chi connectivity index (χ4n) is 12.7. The third kappa shape index (κ3) is 24.2. The van der Waals surface area contributed by atoms with Crippen molar-refractivity contribution in [2.75, 3.05) is 26.3 Å². The van der Waals surface area contributed by atoms with Crippen molar-refractivity contribution in [3.05, 3.63) is 149 Å². The molecule has 35 heteroatoms. The van der Waals surface area contributed by atoms with E-state index in [1.165, 1.54) is 43.0 Å². The number of amides is 12. The van der Waals surface area contributed by atoms with E-state index in [-0.39, 0.29) is 75.7 Å². The molecular formula is C74H95ClN16O18. The van der Waals surface area contributed by atoms with Crippen molar-refractivity contribution in [1.82, 2.24) is 63.3 Å². The molecule has 12 amide bonds. The fraction of sp³-hybridized carbons (Fsp3) is 0.432. The largest absolute Gasteiger partial charge is 0.508 e. The van der Waals surface area contributed by atoms with Crippen LogP contribution in [0.2, 0.25) is 5.02 Å². The maximum Gasteiger partial charge on any atom is 0.330 e. The number of aliphatic hydroxyl groups excluding tert-OH is 4. The predicted octanol–water partition coefficient (Wildman–Crippen LogP) is -1.52. The van der Waals surface area contributed by atoms with Crippen LogP contribution in [-0.2, 0) is 83.1 Å². The Morgan fingerprint density at radius 2 is 1.14 bits per heavy atom. The van der Waals surface area contributed by atoms with E-state index in [1.807, 2.05) is 47.9 Å². The van der Waals surface area contributed by atoms with Gasteiger partial charge in [-0.05, 0) is 108 Å². The molecule has 0 bridgehead atoms. The number of guanidine groups is 1. The number of nitrogens with zero attached hydrogens (tertiary/aromatic N) is 2. The first kappa shape index (κ1) is 83.6. The minimum atomic E-state index is -1.94. The van der Waals surface area contributed by atoms with Crippen molar-refractivity contribution >= 4 is 104 Å². The monoisotopic (exact) mass is 1530 g/mol. The summed E-state index contributed by atoms with van der Waals surface area (Å²) in [5, 5.41) is 77.6. The van der Waals surface area contributed by atoms with Crippen molar-refractivity contribution in [1.29, 1.82) is 0 Å². The number of hydrazine groups is 1. The Morgan fingerprint density at radius 1 is 0.615 bits per heavy atom. The van der Waals surface area contributed by atoms with E-state index in [4.69, 9.17) is 38.3 Å². The van der Waals surface area contributed by atoms with Gasteiger partial charge < -0.3 is 105 Å². The Kier molecular flexibility index (Phi) is 30.5. The minimum absolute atomic E-state index is 0.00274. The summed E-state index contributed by atoms with van der Waals surface area (Å²) in [6.45, 7) is 4.02. The number of aromatic nitrogens is 1. The zero-order chi connectivity index (χ0) is 79.2. The third-order valence-electron chi connectivity index (χ3n) is 18.4. The van der Waals surface area contributed by atoms with Gasteiger partial charge in [-0.3, -0.25) is 58.4 Å². The van der Waals surface area contributed by atoms with Gasteiger partial charge in [0.2, 0.25) is 53.2 Å². The number of carbonyl (C=O) groups excluding carboxylic acids is 11. The summed E-state index contributed by atoms with van der Waals surface area (Å²) >= 11 is 6.26. The van der Waals surface area contributed by atoms with Crippen molar-refractivity contribution in [3.63, 3.8) is 0 Å². The lowest BCUT2D eigenvalue weighted by Gasteiger charge is -2.39. The quantitative estimate of drug-likeness (QED) is 0.00929. The Morgan fingerprint density at radius 3 is 1.75 bits per heavy atom. The summed E-state index contributed by atoms with van der Waals surface area (Å²) in [5.41, 5.74) is 23.1. The van der Waals surface area contributed by atoms with E-state index in [2.05, 4.69) is 57.9 Å². The number of aromatic hydroxyl groups is 1. The molecule has 5 aromatic carbocycles. The second-order valence-electron chi connectivity index (χ2n) is 27.3. The topological polar surface area (TPSA) is 537 Å². The molecule has 6 aromatic rings. The summed E-state index contributed by atoms with van der Waals surface area (Å²) in [5.74, 6) is -10.00. The fourth-order valence-corrected chi connectivity index (χ4v) is 12.9. The van der Waals surface area contributed by atoms with Gasteiger partial charge >= 0.3 is 6.03 Å². The molecular weight excluding hydrogens is 1440 g/mol. The van der Waals surface area contributed by atoms with Crippen LogP contribution in [0.15, 0.2) is 126 Å². The number of urea groups is 1. The normalized spacial score (nSPS) is 19.1. The van der Waals surface area contributed by atoms with Gasteiger partial charge in [-0.15, -0.1) is 0 Å². The van der Waals surface area contributed by atoms with Crippen LogP contribution >= 0.6 is 11.6 Å². The van der Waals surface area contributed by atoms with E-state index in [9.17, 15) is 59.1 Å². The zero-order valence-electron chi connectivity index (χ0n) is 60.4. The van der Waals surface area contributed by atoms with Crippen LogP contribution in [-0.4, -0.2) is 218 Å².